The number of nitrogens with zero attached hydrogens (tertiary/aromatic N) is 2. The van der Waals surface area contributed by atoms with Crippen molar-refractivity contribution in [3.63, 3.8) is 0 Å². The monoisotopic (exact) mass is 358 g/mol. The van der Waals surface area contributed by atoms with E-state index in [0.717, 1.165) is 24.1 Å². The Balaban J connectivity index is 0.00000288. The fourth-order valence-electron chi connectivity index (χ4n) is 2.21. The van der Waals surface area contributed by atoms with Crippen molar-refractivity contribution in [1.82, 2.24) is 9.78 Å². The summed E-state index contributed by atoms with van der Waals surface area (Å²) in [6.07, 6.45) is 2.22. The zero-order chi connectivity index (χ0) is 16.9. The zero-order valence-corrected chi connectivity index (χ0v) is 15.2. The van der Waals surface area contributed by atoms with Crippen LogP contribution in [0.5, 0.6) is 5.88 Å². The SMILES string of the molecule is CCCc1cc(OCc2ccc(F)cc2)n(CCC(C)(C)F)n1.Cl. The summed E-state index contributed by atoms with van der Waals surface area (Å²) in [5.41, 5.74) is 0.575. The molecule has 24 heavy (non-hydrogen) atoms. The van der Waals surface area contributed by atoms with Gasteiger partial charge in [0.2, 0.25) is 5.88 Å². The van der Waals surface area contributed by atoms with Crippen LogP contribution in [0.25, 0.3) is 0 Å². The Hall–Kier alpha value is -1.62. The smallest absolute Gasteiger partial charge is 0.212 e. The Morgan fingerprint density at radius 3 is 2.46 bits per heavy atom. The van der Waals surface area contributed by atoms with Crippen molar-refractivity contribution < 1.29 is 13.5 Å². The second kappa shape index (κ2) is 9.02. The summed E-state index contributed by atoms with van der Waals surface area (Å²) in [5, 5.41) is 4.49. The number of halogens is 3. The van der Waals surface area contributed by atoms with Gasteiger partial charge in [-0.15, -0.1) is 12.4 Å². The molecular weight excluding hydrogens is 334 g/mol. The van der Waals surface area contributed by atoms with E-state index in [1.165, 1.54) is 12.1 Å². The number of hydrogen-bond acceptors (Lipinski definition) is 2. The van der Waals surface area contributed by atoms with Crippen molar-refractivity contribution in [1.29, 1.82) is 0 Å². The second-order valence-corrected chi connectivity index (χ2v) is 6.33. The fraction of sp³-hybridized carbons (Fsp3) is 0.500. The highest BCUT2D eigenvalue weighted by Gasteiger charge is 2.17. The molecule has 0 amide bonds. The van der Waals surface area contributed by atoms with Gasteiger partial charge in [0.1, 0.15) is 18.1 Å². The van der Waals surface area contributed by atoms with Crippen LogP contribution in [-0.4, -0.2) is 15.4 Å². The van der Waals surface area contributed by atoms with Crippen LogP contribution >= 0.6 is 12.4 Å². The van der Waals surface area contributed by atoms with Gasteiger partial charge in [0.05, 0.1) is 5.69 Å². The van der Waals surface area contributed by atoms with Crippen molar-refractivity contribution in [2.45, 2.75) is 58.9 Å². The molecule has 0 fully saturated rings. The number of rotatable bonds is 8. The van der Waals surface area contributed by atoms with Crippen LogP contribution < -0.4 is 4.74 Å². The molecule has 134 valence electrons. The van der Waals surface area contributed by atoms with E-state index in [9.17, 15) is 8.78 Å². The third-order valence-corrected chi connectivity index (χ3v) is 3.52. The van der Waals surface area contributed by atoms with Gasteiger partial charge in [-0.2, -0.15) is 5.10 Å². The molecule has 0 saturated heterocycles. The summed E-state index contributed by atoms with van der Waals surface area (Å²) in [7, 11) is 0. The molecule has 3 nitrogen and oxygen atoms in total. The molecule has 2 aromatic rings. The maximum Gasteiger partial charge on any atom is 0.212 e. The maximum atomic E-state index is 13.7. The summed E-state index contributed by atoms with van der Waals surface area (Å²) < 4.78 is 34.2. The molecule has 0 saturated carbocycles. The molecule has 2 rings (SSSR count). The summed E-state index contributed by atoms with van der Waals surface area (Å²) >= 11 is 0. The molecule has 1 heterocycles. The lowest BCUT2D eigenvalue weighted by atomic mass is 10.1. The fourth-order valence-corrected chi connectivity index (χ4v) is 2.21. The Bertz CT molecular complexity index is 621. The molecule has 0 aliphatic carbocycles. The van der Waals surface area contributed by atoms with Crippen LogP contribution in [0.1, 0.15) is 44.9 Å². The van der Waals surface area contributed by atoms with Gasteiger partial charge in [0.25, 0.3) is 0 Å². The van der Waals surface area contributed by atoms with Crippen LogP contribution in [0.4, 0.5) is 8.78 Å². The first-order valence-electron chi connectivity index (χ1n) is 8.00. The minimum atomic E-state index is -1.24. The summed E-state index contributed by atoms with van der Waals surface area (Å²) in [6.45, 7) is 6.00. The van der Waals surface area contributed by atoms with Crippen LogP contribution in [-0.2, 0) is 19.6 Å². The Morgan fingerprint density at radius 1 is 1.21 bits per heavy atom. The van der Waals surface area contributed by atoms with Crippen LogP contribution in [0.3, 0.4) is 0 Å². The zero-order valence-electron chi connectivity index (χ0n) is 14.4. The van der Waals surface area contributed by atoms with E-state index in [4.69, 9.17) is 4.74 Å². The van der Waals surface area contributed by atoms with E-state index in [2.05, 4.69) is 12.0 Å². The summed E-state index contributed by atoms with van der Waals surface area (Å²) in [4.78, 5) is 0. The van der Waals surface area contributed by atoms with Crippen molar-refractivity contribution in [2.24, 2.45) is 0 Å². The van der Waals surface area contributed by atoms with E-state index in [1.54, 1.807) is 30.7 Å². The number of hydrogen-bond donors (Lipinski definition) is 0. The molecular formula is C18H25ClF2N2O. The number of benzene rings is 1. The Morgan fingerprint density at radius 2 is 1.88 bits per heavy atom. The van der Waals surface area contributed by atoms with Gasteiger partial charge in [-0.05, 0) is 38.0 Å². The minimum absolute atomic E-state index is 0. The Kier molecular flexibility index (Phi) is 7.67. The van der Waals surface area contributed by atoms with Crippen molar-refractivity contribution in [3.8, 4) is 5.88 Å². The van der Waals surface area contributed by atoms with E-state index < -0.39 is 5.67 Å². The highest BCUT2D eigenvalue weighted by molar-refractivity contribution is 5.85. The van der Waals surface area contributed by atoms with E-state index >= 15 is 0 Å². The molecule has 0 aliphatic heterocycles. The maximum absolute atomic E-state index is 13.7. The molecule has 0 aliphatic rings. The lowest BCUT2D eigenvalue weighted by molar-refractivity contribution is 0.183. The van der Waals surface area contributed by atoms with Crippen LogP contribution in [0.15, 0.2) is 30.3 Å². The molecule has 1 aromatic heterocycles. The molecule has 0 bridgehead atoms. The average Bonchev–Trinajstić information content (AvgIpc) is 2.86. The molecule has 1 aromatic carbocycles. The highest BCUT2D eigenvalue weighted by Crippen LogP contribution is 2.21. The summed E-state index contributed by atoms with van der Waals surface area (Å²) in [6, 6.07) is 8.09. The number of alkyl halides is 1. The van der Waals surface area contributed by atoms with Crippen LogP contribution in [0.2, 0.25) is 0 Å². The summed E-state index contributed by atoms with van der Waals surface area (Å²) in [5.74, 6) is 0.358. The Labute approximate surface area is 148 Å². The van der Waals surface area contributed by atoms with Crippen molar-refractivity contribution in [3.05, 3.63) is 47.4 Å². The number of aryl methyl sites for hydroxylation is 2. The first-order valence-corrected chi connectivity index (χ1v) is 8.00. The predicted octanol–water partition coefficient (Wildman–Crippen LogP) is 5.11. The number of aromatic nitrogens is 2. The predicted molar refractivity (Wildman–Crippen MR) is 94.0 cm³/mol. The lowest BCUT2D eigenvalue weighted by Crippen LogP contribution is -2.17. The first-order chi connectivity index (χ1) is 10.9. The molecule has 0 spiro atoms. The van der Waals surface area contributed by atoms with Gasteiger partial charge in [0, 0.05) is 19.0 Å². The van der Waals surface area contributed by atoms with Gasteiger partial charge in [-0.25, -0.2) is 13.5 Å². The van der Waals surface area contributed by atoms with Gasteiger partial charge >= 0.3 is 0 Å². The van der Waals surface area contributed by atoms with E-state index in [1.807, 2.05) is 6.07 Å². The third-order valence-electron chi connectivity index (χ3n) is 3.52. The van der Waals surface area contributed by atoms with Crippen molar-refractivity contribution in [2.75, 3.05) is 0 Å². The lowest BCUT2D eigenvalue weighted by Gasteiger charge is -2.15. The standard InChI is InChI=1S/C18H24F2N2O.ClH/c1-4-5-16-12-17(22(21-16)11-10-18(2,3)20)23-13-14-6-8-15(19)9-7-14;/h6-9,12H,4-5,10-11,13H2,1-3H3;1H. The van der Waals surface area contributed by atoms with E-state index in [0.29, 0.717) is 25.5 Å². The minimum Gasteiger partial charge on any atom is -0.473 e. The quantitative estimate of drug-likeness (QED) is 0.655. The second-order valence-electron chi connectivity index (χ2n) is 6.33. The van der Waals surface area contributed by atoms with Gasteiger partial charge in [0.15, 0.2) is 0 Å². The van der Waals surface area contributed by atoms with Gasteiger partial charge in [-0.3, -0.25) is 0 Å². The van der Waals surface area contributed by atoms with Crippen molar-refractivity contribution >= 4 is 12.4 Å². The molecule has 6 heteroatoms. The molecule has 0 radical (unpaired) electrons. The van der Waals surface area contributed by atoms with Gasteiger partial charge < -0.3 is 4.74 Å². The molecule has 0 unspecified atom stereocenters. The van der Waals surface area contributed by atoms with Crippen LogP contribution in [0, 0.1) is 5.82 Å². The molecule has 0 atom stereocenters. The third kappa shape index (κ3) is 6.48. The normalized spacial score (nSPS) is 11.2. The highest BCUT2D eigenvalue weighted by atomic mass is 35.5. The molecule has 0 N–H and O–H groups in total. The topological polar surface area (TPSA) is 27.1 Å². The van der Waals surface area contributed by atoms with Gasteiger partial charge in [-0.1, -0.05) is 25.5 Å². The largest absolute Gasteiger partial charge is 0.473 e. The first kappa shape index (κ1) is 20.4. The number of ether oxygens (including phenoxy) is 1. The average molecular weight is 359 g/mol. The van der Waals surface area contributed by atoms with E-state index in [-0.39, 0.29) is 18.2 Å².